The molecule has 0 aliphatic heterocycles. The number of rotatable bonds is 7. The molecular formula is C23H31NO3. The van der Waals surface area contributed by atoms with Crippen molar-refractivity contribution in [2.24, 2.45) is 0 Å². The summed E-state index contributed by atoms with van der Waals surface area (Å²) in [6, 6.07) is 12.3. The van der Waals surface area contributed by atoms with Crippen LogP contribution in [0.1, 0.15) is 44.4 Å². The number of aryl methyl sites for hydroxylation is 1. The molecule has 2 aromatic carbocycles. The first-order chi connectivity index (χ1) is 12.6. The molecule has 0 unspecified atom stereocenters. The van der Waals surface area contributed by atoms with Gasteiger partial charge in [0.05, 0.1) is 12.7 Å². The number of carbonyl (C=O) groups is 1. The number of aliphatic hydroxyl groups is 1. The number of nitrogens with zero attached hydrogens (tertiary/aromatic N) is 1. The molecule has 4 heteroatoms. The Hall–Kier alpha value is -2.33. The maximum absolute atomic E-state index is 11.9. The number of benzene rings is 2. The van der Waals surface area contributed by atoms with E-state index in [1.165, 1.54) is 0 Å². The first-order valence-corrected chi connectivity index (χ1v) is 9.39. The fourth-order valence-electron chi connectivity index (χ4n) is 3.34. The lowest BCUT2D eigenvalue weighted by molar-refractivity contribution is -0.129. The van der Waals surface area contributed by atoms with Crippen molar-refractivity contribution in [2.45, 2.75) is 53.2 Å². The molecule has 1 N–H and O–H groups in total. The monoisotopic (exact) mass is 369 g/mol. The van der Waals surface area contributed by atoms with Crippen LogP contribution in [0.4, 0.5) is 0 Å². The van der Waals surface area contributed by atoms with Crippen molar-refractivity contribution >= 4 is 5.91 Å². The van der Waals surface area contributed by atoms with Crippen molar-refractivity contribution in [3.05, 3.63) is 53.1 Å². The molecule has 0 radical (unpaired) electrons. The van der Waals surface area contributed by atoms with Gasteiger partial charge in [0.25, 0.3) is 0 Å². The van der Waals surface area contributed by atoms with E-state index in [-0.39, 0.29) is 5.91 Å². The molecule has 4 nitrogen and oxygen atoms in total. The summed E-state index contributed by atoms with van der Waals surface area (Å²) in [7, 11) is 1.66. The van der Waals surface area contributed by atoms with Gasteiger partial charge in [0.15, 0.2) is 0 Å². The summed E-state index contributed by atoms with van der Waals surface area (Å²) < 4.78 is 5.61. The normalized spacial score (nSPS) is 11.4. The third-order valence-corrected chi connectivity index (χ3v) is 4.64. The smallest absolute Gasteiger partial charge is 0.219 e. The maximum atomic E-state index is 11.9. The number of hydrogen-bond acceptors (Lipinski definition) is 3. The second-order valence-corrected chi connectivity index (χ2v) is 7.72. The van der Waals surface area contributed by atoms with Gasteiger partial charge in [0.1, 0.15) is 5.75 Å². The van der Waals surface area contributed by atoms with Crippen LogP contribution in [0.2, 0.25) is 0 Å². The van der Waals surface area contributed by atoms with Crippen molar-refractivity contribution in [3.63, 3.8) is 0 Å². The Balaban J connectivity index is 2.56. The molecule has 0 spiro atoms. The zero-order valence-electron chi connectivity index (χ0n) is 17.3. The van der Waals surface area contributed by atoms with Crippen LogP contribution >= 0.6 is 0 Å². The lowest BCUT2D eigenvalue weighted by atomic mass is 9.92. The average molecular weight is 370 g/mol. The van der Waals surface area contributed by atoms with Crippen LogP contribution in [0.5, 0.6) is 5.75 Å². The third kappa shape index (κ3) is 5.57. The second kappa shape index (κ2) is 8.57. The van der Waals surface area contributed by atoms with Crippen molar-refractivity contribution in [2.75, 3.05) is 13.7 Å². The standard InChI is InChI=1S/C23H31NO3/c1-7-24(17(3)25)15-19-12-16(2)8-10-20(19)21-13-18(14-23(4,5)26)9-11-22(21)27-6/h8-13,26H,7,14-15H2,1-6H3. The van der Waals surface area contributed by atoms with E-state index in [0.29, 0.717) is 19.5 Å². The van der Waals surface area contributed by atoms with E-state index >= 15 is 0 Å². The Kier molecular flexibility index (Phi) is 6.66. The van der Waals surface area contributed by atoms with Crippen molar-refractivity contribution in [1.82, 2.24) is 4.90 Å². The molecule has 146 valence electrons. The van der Waals surface area contributed by atoms with Crippen LogP contribution in [-0.4, -0.2) is 35.2 Å². The highest BCUT2D eigenvalue weighted by molar-refractivity contribution is 5.76. The number of carbonyl (C=O) groups excluding carboxylic acids is 1. The molecule has 0 aromatic heterocycles. The Morgan fingerprint density at radius 3 is 2.41 bits per heavy atom. The van der Waals surface area contributed by atoms with Gasteiger partial charge >= 0.3 is 0 Å². The van der Waals surface area contributed by atoms with E-state index in [2.05, 4.69) is 31.2 Å². The zero-order chi connectivity index (χ0) is 20.2. The highest BCUT2D eigenvalue weighted by Crippen LogP contribution is 2.35. The fourth-order valence-corrected chi connectivity index (χ4v) is 3.34. The molecule has 2 rings (SSSR count). The Morgan fingerprint density at radius 2 is 1.85 bits per heavy atom. The molecule has 0 aliphatic rings. The fraction of sp³-hybridized carbons (Fsp3) is 0.435. The summed E-state index contributed by atoms with van der Waals surface area (Å²) >= 11 is 0. The maximum Gasteiger partial charge on any atom is 0.219 e. The SMILES string of the molecule is CCN(Cc1cc(C)ccc1-c1cc(CC(C)(C)O)ccc1OC)C(C)=O. The van der Waals surface area contributed by atoms with Crippen LogP contribution < -0.4 is 4.74 Å². The summed E-state index contributed by atoms with van der Waals surface area (Å²) in [5.41, 5.74) is 4.54. The average Bonchev–Trinajstić information content (AvgIpc) is 2.58. The zero-order valence-corrected chi connectivity index (χ0v) is 17.3. The van der Waals surface area contributed by atoms with Crippen molar-refractivity contribution in [1.29, 1.82) is 0 Å². The highest BCUT2D eigenvalue weighted by atomic mass is 16.5. The molecule has 1 amide bonds. The molecule has 0 heterocycles. The van der Waals surface area contributed by atoms with Crippen LogP contribution in [0.15, 0.2) is 36.4 Å². The van der Waals surface area contributed by atoms with Crippen LogP contribution in [0.25, 0.3) is 11.1 Å². The predicted octanol–water partition coefficient (Wildman–Crippen LogP) is 4.35. The van der Waals surface area contributed by atoms with E-state index in [1.54, 1.807) is 27.9 Å². The predicted molar refractivity (Wildman–Crippen MR) is 110 cm³/mol. The summed E-state index contributed by atoms with van der Waals surface area (Å²) in [5, 5.41) is 10.2. The molecule has 0 saturated carbocycles. The first kappa shape index (κ1) is 21.0. The van der Waals surface area contributed by atoms with Gasteiger partial charge in [-0.1, -0.05) is 29.8 Å². The van der Waals surface area contributed by atoms with Gasteiger partial charge in [-0.05, 0) is 56.5 Å². The van der Waals surface area contributed by atoms with Gasteiger partial charge in [0.2, 0.25) is 5.91 Å². The number of amides is 1. The number of methoxy groups -OCH3 is 1. The van der Waals surface area contributed by atoms with Crippen LogP contribution in [0.3, 0.4) is 0 Å². The summed E-state index contributed by atoms with van der Waals surface area (Å²) in [6.45, 7) is 10.5. The number of ether oxygens (including phenoxy) is 1. The van der Waals surface area contributed by atoms with Gasteiger partial charge in [-0.15, -0.1) is 0 Å². The summed E-state index contributed by atoms with van der Waals surface area (Å²) in [4.78, 5) is 13.7. The molecule has 0 bridgehead atoms. The summed E-state index contributed by atoms with van der Waals surface area (Å²) in [6.07, 6.45) is 0.555. The topological polar surface area (TPSA) is 49.8 Å². The molecular weight excluding hydrogens is 338 g/mol. The van der Waals surface area contributed by atoms with Gasteiger partial charge in [-0.25, -0.2) is 0 Å². The van der Waals surface area contributed by atoms with E-state index in [1.807, 2.05) is 24.0 Å². The van der Waals surface area contributed by atoms with Gasteiger partial charge in [-0.3, -0.25) is 4.79 Å². The minimum Gasteiger partial charge on any atom is -0.496 e. The molecule has 2 aromatic rings. The molecule has 0 atom stereocenters. The lowest BCUT2D eigenvalue weighted by Gasteiger charge is -2.23. The molecule has 27 heavy (non-hydrogen) atoms. The number of hydrogen-bond donors (Lipinski definition) is 1. The lowest BCUT2D eigenvalue weighted by Crippen LogP contribution is -2.28. The van der Waals surface area contributed by atoms with Gasteiger partial charge in [0, 0.05) is 32.0 Å². The minimum atomic E-state index is -0.782. The van der Waals surface area contributed by atoms with Crippen molar-refractivity contribution in [3.8, 4) is 16.9 Å². The Bertz CT molecular complexity index is 806. The molecule has 0 aliphatic carbocycles. The second-order valence-electron chi connectivity index (χ2n) is 7.72. The molecule has 0 saturated heterocycles. The highest BCUT2D eigenvalue weighted by Gasteiger charge is 2.18. The van der Waals surface area contributed by atoms with Gasteiger partial charge < -0.3 is 14.7 Å². The van der Waals surface area contributed by atoms with E-state index in [9.17, 15) is 9.90 Å². The minimum absolute atomic E-state index is 0.0627. The van der Waals surface area contributed by atoms with Crippen molar-refractivity contribution < 1.29 is 14.6 Å². The Morgan fingerprint density at radius 1 is 1.15 bits per heavy atom. The Labute approximate surface area is 162 Å². The molecule has 0 fully saturated rings. The van der Waals surface area contributed by atoms with Crippen LogP contribution in [0, 0.1) is 6.92 Å². The van der Waals surface area contributed by atoms with Gasteiger partial charge in [-0.2, -0.15) is 0 Å². The van der Waals surface area contributed by atoms with Crippen LogP contribution in [-0.2, 0) is 17.8 Å². The van der Waals surface area contributed by atoms with E-state index in [4.69, 9.17) is 4.74 Å². The summed E-state index contributed by atoms with van der Waals surface area (Å²) in [5.74, 6) is 0.846. The third-order valence-electron chi connectivity index (χ3n) is 4.64. The van der Waals surface area contributed by atoms with E-state index < -0.39 is 5.60 Å². The largest absolute Gasteiger partial charge is 0.496 e. The first-order valence-electron chi connectivity index (χ1n) is 9.39. The quantitative estimate of drug-likeness (QED) is 0.789. The van der Waals surface area contributed by atoms with E-state index in [0.717, 1.165) is 33.6 Å².